The fourth-order valence-corrected chi connectivity index (χ4v) is 4.73. The Morgan fingerprint density at radius 1 is 1.06 bits per heavy atom. The summed E-state index contributed by atoms with van der Waals surface area (Å²) in [6.45, 7) is 3.01. The monoisotopic (exact) mass is 459 g/mol. The molecule has 2 aromatic rings. The van der Waals surface area contributed by atoms with E-state index in [4.69, 9.17) is 14.6 Å². The Hall–Kier alpha value is -2.62. The van der Waals surface area contributed by atoms with Crippen LogP contribution in [0.1, 0.15) is 36.4 Å². The van der Waals surface area contributed by atoms with Gasteiger partial charge in [-0.2, -0.15) is 0 Å². The second kappa shape index (κ2) is 9.89. The van der Waals surface area contributed by atoms with E-state index in [1.54, 1.807) is 12.1 Å². The lowest BCUT2D eigenvalue weighted by Gasteiger charge is -2.25. The number of nitrogens with zero attached hydrogens (tertiary/aromatic N) is 1. The first kappa shape index (κ1) is 22.6. The van der Waals surface area contributed by atoms with Gasteiger partial charge in [0.15, 0.2) is 11.5 Å². The molecule has 0 unspecified atom stereocenters. The van der Waals surface area contributed by atoms with Gasteiger partial charge in [-0.3, -0.25) is 9.69 Å². The first-order valence-corrected chi connectivity index (χ1v) is 12.5. The molecule has 2 aliphatic heterocycles. The lowest BCUT2D eigenvalue weighted by molar-refractivity contribution is -0.122. The van der Waals surface area contributed by atoms with Gasteiger partial charge in [0.25, 0.3) is 0 Å². The third kappa shape index (κ3) is 5.59. The summed E-state index contributed by atoms with van der Waals surface area (Å²) in [7, 11) is -3.69. The highest BCUT2D eigenvalue weighted by Crippen LogP contribution is 2.37. The number of hydrogen-bond acceptors (Lipinski definition) is 6. The molecule has 0 spiro atoms. The largest absolute Gasteiger partial charge is 0.490 e. The maximum absolute atomic E-state index is 12.5. The molecule has 1 atom stereocenters. The van der Waals surface area contributed by atoms with Crippen molar-refractivity contribution in [2.24, 2.45) is 5.14 Å². The fraction of sp³-hybridized carbons (Fsp3) is 0.435. The number of rotatable bonds is 7. The number of hydrogen-bond donors (Lipinski definition) is 2. The molecule has 172 valence electrons. The molecule has 2 aromatic carbocycles. The predicted octanol–water partition coefficient (Wildman–Crippen LogP) is 1.99. The van der Waals surface area contributed by atoms with E-state index in [1.807, 2.05) is 12.1 Å². The van der Waals surface area contributed by atoms with Crippen molar-refractivity contribution in [2.75, 3.05) is 32.8 Å². The van der Waals surface area contributed by atoms with E-state index in [2.05, 4.69) is 16.3 Å². The molecule has 0 saturated carbocycles. The van der Waals surface area contributed by atoms with Gasteiger partial charge in [0.2, 0.25) is 15.9 Å². The minimum absolute atomic E-state index is 0.0209. The topological polar surface area (TPSA) is 111 Å². The van der Waals surface area contributed by atoms with Crippen molar-refractivity contribution in [3.63, 3.8) is 0 Å². The third-order valence-electron chi connectivity index (χ3n) is 5.85. The zero-order valence-electron chi connectivity index (χ0n) is 18.0. The quantitative estimate of drug-likeness (QED) is 0.655. The Balaban J connectivity index is 1.30. The standard InChI is InChI=1S/C23H29N3O5S/c24-32(28,29)19-7-4-17(5-8-19)10-11-25-23(27)16-26-12-1-3-20(26)18-6-9-21-22(15-18)31-14-2-13-30-21/h4-9,15,20H,1-3,10-14,16H2,(H,25,27)(H2,24,28,29)/t20-/m0/s1. The van der Waals surface area contributed by atoms with Crippen LogP contribution < -0.4 is 19.9 Å². The number of carbonyl (C=O) groups excluding carboxylic acids is 1. The van der Waals surface area contributed by atoms with Crippen LogP contribution in [0.5, 0.6) is 11.5 Å². The van der Waals surface area contributed by atoms with Crippen LogP contribution in [-0.2, 0) is 21.2 Å². The maximum atomic E-state index is 12.5. The Labute approximate surface area is 188 Å². The number of primary sulfonamides is 1. The number of amides is 1. The van der Waals surface area contributed by atoms with Crippen molar-refractivity contribution in [1.29, 1.82) is 0 Å². The molecular formula is C23H29N3O5S. The van der Waals surface area contributed by atoms with E-state index in [0.717, 1.165) is 48.4 Å². The summed E-state index contributed by atoms with van der Waals surface area (Å²) in [5, 5.41) is 8.08. The highest BCUT2D eigenvalue weighted by Gasteiger charge is 2.28. The number of likely N-dealkylation sites (tertiary alicyclic amines) is 1. The molecule has 9 heteroatoms. The molecule has 2 aliphatic rings. The third-order valence-corrected chi connectivity index (χ3v) is 6.78. The molecule has 0 aromatic heterocycles. The van der Waals surface area contributed by atoms with Gasteiger partial charge in [-0.15, -0.1) is 0 Å². The summed E-state index contributed by atoms with van der Waals surface area (Å²) >= 11 is 0. The number of fused-ring (bicyclic) bond motifs is 1. The van der Waals surface area contributed by atoms with Gasteiger partial charge in [0, 0.05) is 19.0 Å². The SMILES string of the molecule is NS(=O)(=O)c1ccc(CCNC(=O)CN2CCC[C@H]2c2ccc3c(c2)OCCCO3)cc1. The Bertz CT molecular complexity index is 1060. The van der Waals surface area contributed by atoms with E-state index in [1.165, 1.54) is 12.1 Å². The summed E-state index contributed by atoms with van der Waals surface area (Å²) in [6.07, 6.45) is 3.53. The molecule has 8 nitrogen and oxygen atoms in total. The molecule has 0 radical (unpaired) electrons. The van der Waals surface area contributed by atoms with Crippen molar-refractivity contribution in [1.82, 2.24) is 10.2 Å². The number of nitrogens with one attached hydrogen (secondary N) is 1. The first-order chi connectivity index (χ1) is 15.4. The smallest absolute Gasteiger partial charge is 0.238 e. The lowest BCUT2D eigenvalue weighted by Crippen LogP contribution is -2.37. The van der Waals surface area contributed by atoms with Crippen molar-refractivity contribution >= 4 is 15.9 Å². The van der Waals surface area contributed by atoms with Gasteiger partial charge in [-0.25, -0.2) is 13.6 Å². The van der Waals surface area contributed by atoms with Crippen LogP contribution in [0.3, 0.4) is 0 Å². The summed E-state index contributed by atoms with van der Waals surface area (Å²) in [4.78, 5) is 14.8. The minimum Gasteiger partial charge on any atom is -0.490 e. The Kier molecular flexibility index (Phi) is 6.98. The van der Waals surface area contributed by atoms with Gasteiger partial charge in [-0.05, 0) is 61.2 Å². The summed E-state index contributed by atoms with van der Waals surface area (Å²) in [6, 6.07) is 12.7. The van der Waals surface area contributed by atoms with Crippen LogP contribution in [-0.4, -0.2) is 52.1 Å². The highest BCUT2D eigenvalue weighted by molar-refractivity contribution is 7.89. The zero-order chi connectivity index (χ0) is 22.6. The second-order valence-electron chi connectivity index (χ2n) is 8.17. The molecule has 0 bridgehead atoms. The average Bonchev–Trinajstić information content (AvgIpc) is 3.08. The van der Waals surface area contributed by atoms with E-state index >= 15 is 0 Å². The molecule has 0 aliphatic carbocycles. The van der Waals surface area contributed by atoms with Gasteiger partial charge in [0.05, 0.1) is 24.7 Å². The van der Waals surface area contributed by atoms with Gasteiger partial charge in [0.1, 0.15) is 0 Å². The fourth-order valence-electron chi connectivity index (χ4n) is 4.21. The number of carbonyl (C=O) groups is 1. The van der Waals surface area contributed by atoms with Crippen molar-refractivity contribution < 1.29 is 22.7 Å². The predicted molar refractivity (Wildman–Crippen MR) is 120 cm³/mol. The first-order valence-electron chi connectivity index (χ1n) is 10.9. The minimum atomic E-state index is -3.69. The van der Waals surface area contributed by atoms with Crippen LogP contribution >= 0.6 is 0 Å². The maximum Gasteiger partial charge on any atom is 0.238 e. The molecule has 4 rings (SSSR count). The van der Waals surface area contributed by atoms with Crippen LogP contribution in [0.4, 0.5) is 0 Å². The molecule has 1 fully saturated rings. The number of ether oxygens (including phenoxy) is 2. The molecule has 2 heterocycles. The number of nitrogens with two attached hydrogens (primary N) is 1. The average molecular weight is 460 g/mol. The van der Waals surface area contributed by atoms with E-state index < -0.39 is 10.0 Å². The summed E-state index contributed by atoms with van der Waals surface area (Å²) < 4.78 is 34.2. The van der Waals surface area contributed by atoms with Crippen LogP contribution in [0.25, 0.3) is 0 Å². The lowest BCUT2D eigenvalue weighted by atomic mass is 10.0. The number of benzene rings is 2. The molecular weight excluding hydrogens is 430 g/mol. The van der Waals surface area contributed by atoms with E-state index in [-0.39, 0.29) is 16.8 Å². The molecule has 3 N–H and O–H groups in total. The van der Waals surface area contributed by atoms with E-state index in [0.29, 0.717) is 32.7 Å². The van der Waals surface area contributed by atoms with Crippen LogP contribution in [0.2, 0.25) is 0 Å². The molecule has 1 saturated heterocycles. The second-order valence-corrected chi connectivity index (χ2v) is 9.74. The normalized spacial score (nSPS) is 18.8. The van der Waals surface area contributed by atoms with E-state index in [9.17, 15) is 13.2 Å². The highest BCUT2D eigenvalue weighted by atomic mass is 32.2. The van der Waals surface area contributed by atoms with Gasteiger partial charge in [-0.1, -0.05) is 18.2 Å². The van der Waals surface area contributed by atoms with Crippen molar-refractivity contribution in [2.45, 2.75) is 36.6 Å². The van der Waals surface area contributed by atoms with Crippen molar-refractivity contribution in [3.8, 4) is 11.5 Å². The van der Waals surface area contributed by atoms with Gasteiger partial charge >= 0.3 is 0 Å². The van der Waals surface area contributed by atoms with Crippen LogP contribution in [0.15, 0.2) is 47.4 Å². The van der Waals surface area contributed by atoms with Crippen LogP contribution in [0, 0.1) is 0 Å². The summed E-state index contributed by atoms with van der Waals surface area (Å²) in [5.74, 6) is 1.54. The summed E-state index contributed by atoms with van der Waals surface area (Å²) in [5.41, 5.74) is 2.08. The molecule has 32 heavy (non-hydrogen) atoms. The number of sulfonamides is 1. The Morgan fingerprint density at radius 2 is 1.81 bits per heavy atom. The van der Waals surface area contributed by atoms with Crippen molar-refractivity contribution in [3.05, 3.63) is 53.6 Å². The molecule has 1 amide bonds. The Morgan fingerprint density at radius 3 is 2.56 bits per heavy atom. The van der Waals surface area contributed by atoms with Gasteiger partial charge < -0.3 is 14.8 Å². The zero-order valence-corrected chi connectivity index (χ0v) is 18.8.